The lowest BCUT2D eigenvalue weighted by molar-refractivity contribution is 0.0231. The van der Waals surface area contributed by atoms with Crippen molar-refractivity contribution in [1.29, 1.82) is 0 Å². The molecule has 148 valence electrons. The van der Waals surface area contributed by atoms with Gasteiger partial charge >= 0.3 is 6.09 Å². The average Bonchev–Trinajstić information content (AvgIpc) is 2.96. The number of fused-ring (bicyclic) bond motifs is 2. The second-order valence-corrected chi connectivity index (χ2v) is 8.30. The maximum Gasteiger partial charge on any atom is 0.410 e. The average molecular weight is 384 g/mol. The third-order valence-electron chi connectivity index (χ3n) is 5.19. The molecule has 0 N–H and O–H groups in total. The van der Waals surface area contributed by atoms with Crippen LogP contribution in [0.3, 0.4) is 0 Å². The van der Waals surface area contributed by atoms with Crippen molar-refractivity contribution in [2.75, 3.05) is 13.7 Å². The first kappa shape index (κ1) is 18.5. The van der Waals surface area contributed by atoms with Gasteiger partial charge in [0.1, 0.15) is 11.3 Å². The monoisotopic (exact) mass is 384 g/mol. The fourth-order valence-corrected chi connectivity index (χ4v) is 4.06. The molecule has 2 bridgehead atoms. The van der Waals surface area contributed by atoms with Crippen LogP contribution in [0.15, 0.2) is 12.1 Å². The highest BCUT2D eigenvalue weighted by Gasteiger charge is 2.38. The summed E-state index contributed by atoms with van der Waals surface area (Å²) >= 11 is 0. The van der Waals surface area contributed by atoms with E-state index in [2.05, 4.69) is 0 Å². The Morgan fingerprint density at radius 2 is 1.79 bits per heavy atom. The summed E-state index contributed by atoms with van der Waals surface area (Å²) < 4.78 is 13.0. The molecule has 28 heavy (non-hydrogen) atoms. The standard InChI is InChI=1S/C21H24N2O5/c1-21(2,3)28-20(26)22-9-5-6-10-23-15-12(11-22)7-8-13-14(15)19(27-4)16(23)18(25)17(13)24/h7-8H,5-6,9-11H2,1-4H3. The Bertz CT molecular complexity index is 1010. The van der Waals surface area contributed by atoms with Gasteiger partial charge in [0.2, 0.25) is 5.78 Å². The number of nitrogens with zero attached hydrogens (tertiary/aromatic N) is 2. The van der Waals surface area contributed by atoms with Gasteiger partial charge in [0.05, 0.1) is 24.6 Å². The lowest BCUT2D eigenvalue weighted by Gasteiger charge is -2.27. The van der Waals surface area contributed by atoms with Crippen LogP contribution in [-0.2, 0) is 17.8 Å². The van der Waals surface area contributed by atoms with Crippen LogP contribution in [0.5, 0.6) is 5.75 Å². The van der Waals surface area contributed by atoms with Gasteiger partial charge in [-0.3, -0.25) is 9.59 Å². The topological polar surface area (TPSA) is 77.8 Å². The van der Waals surface area contributed by atoms with Crippen LogP contribution < -0.4 is 4.74 Å². The highest BCUT2D eigenvalue weighted by molar-refractivity contribution is 6.54. The van der Waals surface area contributed by atoms with Gasteiger partial charge in [-0.05, 0) is 45.2 Å². The van der Waals surface area contributed by atoms with Gasteiger partial charge in [-0.2, -0.15) is 0 Å². The van der Waals surface area contributed by atoms with E-state index < -0.39 is 17.2 Å². The molecule has 4 rings (SSSR count). The first-order valence-electron chi connectivity index (χ1n) is 9.52. The van der Waals surface area contributed by atoms with Crippen molar-refractivity contribution < 1.29 is 23.9 Å². The number of methoxy groups -OCH3 is 1. The summed E-state index contributed by atoms with van der Waals surface area (Å²) in [7, 11) is 1.51. The Balaban J connectivity index is 1.87. The van der Waals surface area contributed by atoms with Gasteiger partial charge in [0.15, 0.2) is 5.75 Å². The molecule has 2 aliphatic rings. The normalized spacial score (nSPS) is 16.8. The highest BCUT2D eigenvalue weighted by Crippen LogP contribution is 2.42. The molecule has 0 radical (unpaired) electrons. The van der Waals surface area contributed by atoms with Gasteiger partial charge in [-0.15, -0.1) is 0 Å². The van der Waals surface area contributed by atoms with Gasteiger partial charge in [0, 0.05) is 18.7 Å². The molecule has 1 amide bonds. The number of aryl methyl sites for hydroxylation is 1. The summed E-state index contributed by atoms with van der Waals surface area (Å²) in [6.07, 6.45) is 1.17. The van der Waals surface area contributed by atoms with E-state index >= 15 is 0 Å². The van der Waals surface area contributed by atoms with Gasteiger partial charge < -0.3 is 18.9 Å². The fourth-order valence-electron chi connectivity index (χ4n) is 4.06. The Morgan fingerprint density at radius 3 is 2.46 bits per heavy atom. The molecule has 1 aromatic heterocycles. The van der Waals surface area contributed by atoms with Crippen molar-refractivity contribution >= 4 is 28.6 Å². The van der Waals surface area contributed by atoms with Crippen LogP contribution in [0.1, 0.15) is 60.0 Å². The quantitative estimate of drug-likeness (QED) is 0.703. The third kappa shape index (κ3) is 2.77. The summed E-state index contributed by atoms with van der Waals surface area (Å²) in [5.41, 5.74) is 1.80. The Kier molecular flexibility index (Phi) is 4.21. The van der Waals surface area contributed by atoms with Crippen molar-refractivity contribution in [3.8, 4) is 5.75 Å². The predicted octanol–water partition coefficient (Wildman–Crippen LogP) is 3.56. The van der Waals surface area contributed by atoms with Crippen molar-refractivity contribution in [2.24, 2.45) is 0 Å². The number of hydrogen-bond donors (Lipinski definition) is 0. The molecule has 0 saturated heterocycles. The minimum atomic E-state index is -0.576. The molecule has 0 spiro atoms. The van der Waals surface area contributed by atoms with Gasteiger partial charge in [0.25, 0.3) is 5.78 Å². The van der Waals surface area contributed by atoms with E-state index in [4.69, 9.17) is 9.47 Å². The molecule has 2 heterocycles. The van der Waals surface area contributed by atoms with Crippen molar-refractivity contribution in [1.82, 2.24) is 9.47 Å². The zero-order valence-corrected chi connectivity index (χ0v) is 16.6. The molecule has 2 aromatic rings. The molecule has 0 fully saturated rings. The van der Waals surface area contributed by atoms with E-state index in [0.29, 0.717) is 42.0 Å². The zero-order chi connectivity index (χ0) is 20.2. The number of hydrogen-bond acceptors (Lipinski definition) is 5. The number of aromatic nitrogens is 1. The lowest BCUT2D eigenvalue weighted by atomic mass is 9.94. The van der Waals surface area contributed by atoms with Crippen molar-refractivity contribution in [3.05, 3.63) is 29.0 Å². The second-order valence-electron chi connectivity index (χ2n) is 8.30. The number of rotatable bonds is 1. The number of carbonyl (C=O) groups excluding carboxylic acids is 3. The molecule has 1 aliphatic heterocycles. The van der Waals surface area contributed by atoms with Crippen LogP contribution in [0.25, 0.3) is 10.9 Å². The number of carbonyl (C=O) groups is 3. The highest BCUT2D eigenvalue weighted by atomic mass is 16.6. The molecule has 7 nitrogen and oxygen atoms in total. The van der Waals surface area contributed by atoms with Crippen LogP contribution in [0.2, 0.25) is 0 Å². The maximum atomic E-state index is 12.7. The van der Waals surface area contributed by atoms with Crippen molar-refractivity contribution in [3.63, 3.8) is 0 Å². The van der Waals surface area contributed by atoms with Crippen LogP contribution >= 0.6 is 0 Å². The molecule has 0 atom stereocenters. The smallest absolute Gasteiger partial charge is 0.410 e. The molecule has 0 saturated carbocycles. The van der Waals surface area contributed by atoms with Crippen LogP contribution in [0.4, 0.5) is 4.79 Å². The predicted molar refractivity (Wildman–Crippen MR) is 103 cm³/mol. The van der Waals surface area contributed by atoms with Crippen LogP contribution in [0, 0.1) is 0 Å². The van der Waals surface area contributed by atoms with Crippen LogP contribution in [-0.4, -0.2) is 46.4 Å². The number of amides is 1. The summed E-state index contributed by atoms with van der Waals surface area (Å²) in [4.78, 5) is 39.6. The SMILES string of the molecule is COc1c2n3c4c(ccc(c14)C(=O)C2=O)CN(C(=O)OC(C)(C)C)CCCC3. The number of benzene rings is 1. The first-order chi connectivity index (χ1) is 13.2. The molecule has 1 aliphatic carbocycles. The molecular formula is C21H24N2O5. The van der Waals surface area contributed by atoms with E-state index in [9.17, 15) is 14.4 Å². The van der Waals surface area contributed by atoms with Crippen molar-refractivity contribution in [2.45, 2.75) is 52.3 Å². The van der Waals surface area contributed by atoms with Gasteiger partial charge in [-0.1, -0.05) is 6.07 Å². The molecule has 7 heteroatoms. The van der Waals surface area contributed by atoms with E-state index in [1.54, 1.807) is 11.0 Å². The minimum absolute atomic E-state index is 0.327. The third-order valence-corrected chi connectivity index (χ3v) is 5.19. The maximum absolute atomic E-state index is 12.7. The number of ether oxygens (including phenoxy) is 2. The molecular weight excluding hydrogens is 360 g/mol. The summed E-state index contributed by atoms with van der Waals surface area (Å²) in [6, 6.07) is 3.50. The summed E-state index contributed by atoms with van der Waals surface area (Å²) in [5, 5.41) is 0.672. The Labute approximate surface area is 163 Å². The largest absolute Gasteiger partial charge is 0.494 e. The van der Waals surface area contributed by atoms with E-state index in [0.717, 1.165) is 23.9 Å². The number of ketones is 2. The lowest BCUT2D eigenvalue weighted by Crippen LogP contribution is -2.37. The second kappa shape index (κ2) is 6.36. The Hall–Kier alpha value is -2.83. The summed E-state index contributed by atoms with van der Waals surface area (Å²) in [5.74, 6) is -0.567. The minimum Gasteiger partial charge on any atom is -0.494 e. The van der Waals surface area contributed by atoms with E-state index in [1.165, 1.54) is 7.11 Å². The van der Waals surface area contributed by atoms with E-state index in [-0.39, 0.29) is 6.09 Å². The van der Waals surface area contributed by atoms with E-state index in [1.807, 2.05) is 31.4 Å². The molecule has 1 aromatic carbocycles. The first-order valence-corrected chi connectivity index (χ1v) is 9.52. The summed E-state index contributed by atoms with van der Waals surface area (Å²) in [6.45, 7) is 7.04. The molecule has 0 unspecified atom stereocenters. The fraction of sp³-hybridized carbons (Fsp3) is 0.476. The van der Waals surface area contributed by atoms with Gasteiger partial charge in [-0.25, -0.2) is 4.79 Å². The number of Topliss-reactive ketones (excluding diaryl/α,β-unsaturated/α-hetero) is 2. The zero-order valence-electron chi connectivity index (χ0n) is 16.6. The Morgan fingerprint density at radius 1 is 1.07 bits per heavy atom.